The second-order valence-electron chi connectivity index (χ2n) is 3.00. The fraction of sp³-hybridized carbons (Fsp3) is 0.0909. The molecule has 0 atom stereocenters. The molecule has 0 unspecified atom stereocenters. The number of nitrogens with two attached hydrogens (primary N) is 1. The standard InChI is InChI=1S/C11H10ClN/c12-11-6-8(7-13)5-9-3-1-2-4-10(9)11/h1-6H,7,13H2. The van der Waals surface area contributed by atoms with Gasteiger partial charge in [0.2, 0.25) is 0 Å². The van der Waals surface area contributed by atoms with Crippen molar-refractivity contribution in [2.45, 2.75) is 6.54 Å². The Morgan fingerprint density at radius 1 is 1.15 bits per heavy atom. The minimum atomic E-state index is 0.532. The average molecular weight is 192 g/mol. The van der Waals surface area contributed by atoms with Gasteiger partial charge in [-0.25, -0.2) is 0 Å². The Bertz CT molecular complexity index is 437. The van der Waals surface area contributed by atoms with Crippen molar-refractivity contribution >= 4 is 22.4 Å². The Balaban J connectivity index is 2.77. The molecule has 0 aliphatic rings. The molecule has 0 aromatic heterocycles. The highest BCUT2D eigenvalue weighted by Crippen LogP contribution is 2.24. The number of hydrogen-bond acceptors (Lipinski definition) is 1. The third kappa shape index (κ3) is 1.53. The monoisotopic (exact) mass is 191 g/mol. The van der Waals surface area contributed by atoms with Gasteiger partial charge in [0, 0.05) is 17.0 Å². The fourth-order valence-corrected chi connectivity index (χ4v) is 1.75. The van der Waals surface area contributed by atoms with Gasteiger partial charge in [0.1, 0.15) is 0 Å². The molecule has 0 saturated carbocycles. The van der Waals surface area contributed by atoms with E-state index in [1.807, 2.05) is 30.3 Å². The van der Waals surface area contributed by atoms with Crippen molar-refractivity contribution in [1.29, 1.82) is 0 Å². The van der Waals surface area contributed by atoms with E-state index in [1.165, 1.54) is 0 Å². The first kappa shape index (κ1) is 8.54. The van der Waals surface area contributed by atoms with Gasteiger partial charge < -0.3 is 5.73 Å². The Morgan fingerprint density at radius 2 is 1.92 bits per heavy atom. The van der Waals surface area contributed by atoms with Crippen molar-refractivity contribution in [2.75, 3.05) is 0 Å². The van der Waals surface area contributed by atoms with Crippen LogP contribution in [0, 0.1) is 0 Å². The quantitative estimate of drug-likeness (QED) is 0.737. The lowest BCUT2D eigenvalue weighted by Gasteiger charge is -2.03. The molecular weight excluding hydrogens is 182 g/mol. The Hall–Kier alpha value is -1.05. The van der Waals surface area contributed by atoms with Gasteiger partial charge in [0.15, 0.2) is 0 Å². The molecule has 2 aromatic carbocycles. The van der Waals surface area contributed by atoms with Crippen molar-refractivity contribution in [2.24, 2.45) is 5.73 Å². The lowest BCUT2D eigenvalue weighted by atomic mass is 10.1. The van der Waals surface area contributed by atoms with E-state index in [2.05, 4.69) is 6.07 Å². The molecule has 0 aliphatic heterocycles. The predicted molar refractivity (Wildman–Crippen MR) is 56.8 cm³/mol. The summed E-state index contributed by atoms with van der Waals surface area (Å²) in [6, 6.07) is 12.0. The van der Waals surface area contributed by atoms with Gasteiger partial charge in [0.25, 0.3) is 0 Å². The summed E-state index contributed by atoms with van der Waals surface area (Å²) < 4.78 is 0. The average Bonchev–Trinajstić information content (AvgIpc) is 2.18. The third-order valence-electron chi connectivity index (χ3n) is 2.11. The lowest BCUT2D eigenvalue weighted by molar-refractivity contribution is 1.08. The number of benzene rings is 2. The summed E-state index contributed by atoms with van der Waals surface area (Å²) in [6.07, 6.45) is 0. The summed E-state index contributed by atoms with van der Waals surface area (Å²) in [6.45, 7) is 0.532. The van der Waals surface area contributed by atoms with E-state index in [4.69, 9.17) is 17.3 Å². The maximum Gasteiger partial charge on any atom is 0.0487 e. The first-order valence-electron chi connectivity index (χ1n) is 4.18. The highest BCUT2D eigenvalue weighted by atomic mass is 35.5. The molecule has 13 heavy (non-hydrogen) atoms. The van der Waals surface area contributed by atoms with Gasteiger partial charge in [-0.15, -0.1) is 0 Å². The minimum Gasteiger partial charge on any atom is -0.326 e. The molecule has 0 fully saturated rings. The van der Waals surface area contributed by atoms with Crippen LogP contribution in [0.4, 0.5) is 0 Å². The molecule has 0 spiro atoms. The molecule has 2 N–H and O–H groups in total. The zero-order valence-corrected chi connectivity index (χ0v) is 7.88. The Morgan fingerprint density at radius 3 is 2.69 bits per heavy atom. The van der Waals surface area contributed by atoms with Crippen molar-refractivity contribution in [3.8, 4) is 0 Å². The maximum atomic E-state index is 6.09. The first-order valence-corrected chi connectivity index (χ1v) is 4.56. The predicted octanol–water partition coefficient (Wildman–Crippen LogP) is 2.95. The van der Waals surface area contributed by atoms with Crippen LogP contribution in [0.5, 0.6) is 0 Å². The largest absolute Gasteiger partial charge is 0.326 e. The molecule has 0 aliphatic carbocycles. The number of rotatable bonds is 1. The molecule has 66 valence electrons. The van der Waals surface area contributed by atoms with Gasteiger partial charge in [-0.1, -0.05) is 35.9 Å². The van der Waals surface area contributed by atoms with Crippen LogP contribution >= 0.6 is 11.6 Å². The lowest BCUT2D eigenvalue weighted by Crippen LogP contribution is -1.95. The summed E-state index contributed by atoms with van der Waals surface area (Å²) in [5, 5.41) is 3.01. The van der Waals surface area contributed by atoms with Crippen LogP contribution in [0.1, 0.15) is 5.56 Å². The number of halogens is 1. The normalized spacial score (nSPS) is 10.6. The van der Waals surface area contributed by atoms with E-state index >= 15 is 0 Å². The van der Waals surface area contributed by atoms with Crippen molar-refractivity contribution in [3.05, 3.63) is 47.0 Å². The summed E-state index contributed by atoms with van der Waals surface area (Å²) in [5.41, 5.74) is 6.62. The molecule has 1 nitrogen and oxygen atoms in total. The molecule has 0 radical (unpaired) electrons. The van der Waals surface area contributed by atoms with Crippen LogP contribution in [0.3, 0.4) is 0 Å². The molecule has 0 amide bonds. The van der Waals surface area contributed by atoms with E-state index in [0.29, 0.717) is 6.54 Å². The van der Waals surface area contributed by atoms with E-state index in [0.717, 1.165) is 21.4 Å². The molecular formula is C11H10ClN. The van der Waals surface area contributed by atoms with E-state index in [1.54, 1.807) is 0 Å². The van der Waals surface area contributed by atoms with Crippen molar-refractivity contribution in [3.63, 3.8) is 0 Å². The molecule has 2 aromatic rings. The highest BCUT2D eigenvalue weighted by Gasteiger charge is 1.99. The van der Waals surface area contributed by atoms with Gasteiger partial charge in [-0.3, -0.25) is 0 Å². The van der Waals surface area contributed by atoms with Crippen LogP contribution in [0.15, 0.2) is 36.4 Å². The van der Waals surface area contributed by atoms with E-state index in [-0.39, 0.29) is 0 Å². The molecule has 0 saturated heterocycles. The second-order valence-corrected chi connectivity index (χ2v) is 3.41. The highest BCUT2D eigenvalue weighted by molar-refractivity contribution is 6.35. The van der Waals surface area contributed by atoms with Crippen LogP contribution in [0.25, 0.3) is 10.8 Å². The smallest absolute Gasteiger partial charge is 0.0487 e. The van der Waals surface area contributed by atoms with Crippen LogP contribution in [-0.4, -0.2) is 0 Å². The van der Waals surface area contributed by atoms with E-state index in [9.17, 15) is 0 Å². The zero-order valence-electron chi connectivity index (χ0n) is 7.13. The zero-order chi connectivity index (χ0) is 9.26. The third-order valence-corrected chi connectivity index (χ3v) is 2.42. The summed E-state index contributed by atoms with van der Waals surface area (Å²) in [4.78, 5) is 0. The molecule has 0 bridgehead atoms. The van der Waals surface area contributed by atoms with E-state index < -0.39 is 0 Å². The van der Waals surface area contributed by atoms with Gasteiger partial charge in [-0.05, 0) is 23.1 Å². The minimum absolute atomic E-state index is 0.532. The topological polar surface area (TPSA) is 26.0 Å². The molecule has 2 rings (SSSR count). The van der Waals surface area contributed by atoms with Crippen molar-refractivity contribution in [1.82, 2.24) is 0 Å². The van der Waals surface area contributed by atoms with Crippen LogP contribution < -0.4 is 5.73 Å². The Kier molecular flexibility index (Phi) is 2.21. The SMILES string of the molecule is NCc1cc(Cl)c2ccccc2c1. The van der Waals surface area contributed by atoms with Crippen molar-refractivity contribution < 1.29 is 0 Å². The summed E-state index contributed by atoms with van der Waals surface area (Å²) in [7, 11) is 0. The Labute approximate surface area is 82.1 Å². The van der Waals surface area contributed by atoms with Crippen LogP contribution in [-0.2, 0) is 6.54 Å². The number of fused-ring (bicyclic) bond motifs is 1. The van der Waals surface area contributed by atoms with Gasteiger partial charge >= 0.3 is 0 Å². The fourth-order valence-electron chi connectivity index (χ4n) is 1.44. The summed E-state index contributed by atoms with van der Waals surface area (Å²) >= 11 is 6.09. The molecule has 2 heteroatoms. The van der Waals surface area contributed by atoms with Crippen LogP contribution in [0.2, 0.25) is 5.02 Å². The molecule has 0 heterocycles. The number of hydrogen-bond donors (Lipinski definition) is 1. The van der Waals surface area contributed by atoms with Gasteiger partial charge in [-0.2, -0.15) is 0 Å². The summed E-state index contributed by atoms with van der Waals surface area (Å²) in [5.74, 6) is 0. The second kappa shape index (κ2) is 3.36. The van der Waals surface area contributed by atoms with Gasteiger partial charge in [0.05, 0.1) is 0 Å². The maximum absolute atomic E-state index is 6.09. The first-order chi connectivity index (χ1) is 6.31.